The molecule has 0 spiro atoms. The first-order valence-corrected chi connectivity index (χ1v) is 8.74. The number of fused-ring (bicyclic) bond motifs is 1. The largest absolute Gasteiger partial charge is 0.352 e. The Morgan fingerprint density at radius 2 is 1.84 bits per heavy atom. The molecule has 0 radical (unpaired) electrons. The zero-order valence-corrected chi connectivity index (χ0v) is 15.0. The fourth-order valence-corrected chi connectivity index (χ4v) is 3.02. The monoisotopic (exact) mass is 336 g/mol. The number of carbonyl (C=O) groups is 2. The van der Waals surface area contributed by atoms with E-state index in [1.807, 2.05) is 62.1 Å². The minimum atomic E-state index is -0.0166. The summed E-state index contributed by atoms with van der Waals surface area (Å²) in [5, 5.41) is 2.94. The molecule has 2 aromatic rings. The lowest BCUT2D eigenvalue weighted by Crippen LogP contribution is -2.29. The molecule has 1 aliphatic rings. The van der Waals surface area contributed by atoms with Gasteiger partial charge in [0, 0.05) is 30.3 Å². The lowest BCUT2D eigenvalue weighted by Gasteiger charge is -2.18. The van der Waals surface area contributed by atoms with Gasteiger partial charge in [-0.2, -0.15) is 0 Å². The molecule has 0 fully saturated rings. The number of amides is 2. The molecule has 0 atom stereocenters. The van der Waals surface area contributed by atoms with Crippen LogP contribution in [0.3, 0.4) is 0 Å². The maximum Gasteiger partial charge on any atom is 0.258 e. The third-order valence-electron chi connectivity index (χ3n) is 4.57. The van der Waals surface area contributed by atoms with Crippen LogP contribution in [0.25, 0.3) is 0 Å². The predicted octanol–water partition coefficient (Wildman–Crippen LogP) is 3.47. The Morgan fingerprint density at radius 3 is 2.52 bits per heavy atom. The molecular weight excluding hydrogens is 312 g/mol. The number of nitrogens with zero attached hydrogens (tertiary/aromatic N) is 1. The van der Waals surface area contributed by atoms with Crippen LogP contribution in [-0.2, 0) is 17.8 Å². The van der Waals surface area contributed by atoms with Gasteiger partial charge in [0.05, 0.1) is 0 Å². The van der Waals surface area contributed by atoms with Gasteiger partial charge in [0.1, 0.15) is 0 Å². The lowest BCUT2D eigenvalue weighted by atomic mass is 10.1. The zero-order valence-electron chi connectivity index (χ0n) is 15.0. The van der Waals surface area contributed by atoms with Gasteiger partial charge in [-0.25, -0.2) is 0 Å². The summed E-state index contributed by atoms with van der Waals surface area (Å²) < 4.78 is 0. The number of aryl methyl sites for hydroxylation is 1. The number of benzene rings is 2. The first kappa shape index (κ1) is 17.2. The van der Waals surface area contributed by atoms with E-state index in [-0.39, 0.29) is 17.7 Å². The van der Waals surface area contributed by atoms with E-state index in [1.165, 1.54) is 0 Å². The Morgan fingerprint density at radius 1 is 1.12 bits per heavy atom. The van der Waals surface area contributed by atoms with E-state index in [0.717, 1.165) is 28.8 Å². The molecule has 0 saturated heterocycles. The van der Waals surface area contributed by atoms with Crippen LogP contribution in [0, 0.1) is 12.8 Å². The van der Waals surface area contributed by atoms with Crippen LogP contribution in [0.1, 0.15) is 40.9 Å². The van der Waals surface area contributed by atoms with Crippen molar-refractivity contribution in [1.82, 2.24) is 5.32 Å². The Labute approximate surface area is 148 Å². The molecule has 0 aromatic heterocycles. The van der Waals surface area contributed by atoms with Crippen LogP contribution < -0.4 is 10.2 Å². The molecule has 2 aromatic carbocycles. The van der Waals surface area contributed by atoms with E-state index in [0.29, 0.717) is 18.7 Å². The molecule has 0 saturated carbocycles. The number of rotatable bonds is 4. The van der Waals surface area contributed by atoms with Gasteiger partial charge in [-0.05, 0) is 42.7 Å². The zero-order chi connectivity index (χ0) is 18.0. The first-order chi connectivity index (χ1) is 12.0. The van der Waals surface area contributed by atoms with Crippen molar-refractivity contribution in [2.24, 2.45) is 5.92 Å². The maximum absolute atomic E-state index is 12.8. The van der Waals surface area contributed by atoms with E-state index in [2.05, 4.69) is 11.4 Å². The van der Waals surface area contributed by atoms with Gasteiger partial charge in [0.2, 0.25) is 5.91 Å². The minimum Gasteiger partial charge on any atom is -0.352 e. The summed E-state index contributed by atoms with van der Waals surface area (Å²) in [7, 11) is 0. The third-order valence-corrected chi connectivity index (χ3v) is 4.57. The van der Waals surface area contributed by atoms with E-state index >= 15 is 0 Å². The van der Waals surface area contributed by atoms with Gasteiger partial charge in [-0.1, -0.05) is 43.7 Å². The van der Waals surface area contributed by atoms with Crippen molar-refractivity contribution in [1.29, 1.82) is 0 Å². The summed E-state index contributed by atoms with van der Waals surface area (Å²) in [5.74, 6) is 0.0772. The van der Waals surface area contributed by atoms with Crippen LogP contribution in [0.2, 0.25) is 0 Å². The van der Waals surface area contributed by atoms with Crippen molar-refractivity contribution in [2.45, 2.75) is 33.7 Å². The average molecular weight is 336 g/mol. The van der Waals surface area contributed by atoms with Crippen molar-refractivity contribution < 1.29 is 9.59 Å². The van der Waals surface area contributed by atoms with Gasteiger partial charge in [-0.3, -0.25) is 9.59 Å². The van der Waals surface area contributed by atoms with Crippen molar-refractivity contribution in [3.8, 4) is 0 Å². The Kier molecular flexibility index (Phi) is 4.88. The second-order valence-electron chi connectivity index (χ2n) is 6.91. The molecule has 130 valence electrons. The molecule has 0 unspecified atom stereocenters. The van der Waals surface area contributed by atoms with Crippen LogP contribution in [0.15, 0.2) is 42.5 Å². The second kappa shape index (κ2) is 7.09. The van der Waals surface area contributed by atoms with Crippen LogP contribution in [0.4, 0.5) is 5.69 Å². The van der Waals surface area contributed by atoms with Gasteiger partial charge in [0.25, 0.3) is 5.91 Å². The average Bonchev–Trinajstić information content (AvgIpc) is 3.02. The number of nitrogens with one attached hydrogen (secondary N) is 1. The van der Waals surface area contributed by atoms with Crippen LogP contribution in [0.5, 0.6) is 0 Å². The fourth-order valence-electron chi connectivity index (χ4n) is 3.02. The molecule has 4 nitrogen and oxygen atoms in total. The molecule has 4 heteroatoms. The quantitative estimate of drug-likeness (QED) is 0.929. The topological polar surface area (TPSA) is 49.4 Å². The molecule has 3 rings (SSSR count). The summed E-state index contributed by atoms with van der Waals surface area (Å²) in [4.78, 5) is 26.3. The third kappa shape index (κ3) is 3.73. The van der Waals surface area contributed by atoms with E-state index in [4.69, 9.17) is 0 Å². The summed E-state index contributed by atoms with van der Waals surface area (Å²) in [6.07, 6.45) is 0.846. The van der Waals surface area contributed by atoms with Gasteiger partial charge < -0.3 is 10.2 Å². The molecule has 2 amide bonds. The smallest absolute Gasteiger partial charge is 0.258 e. The summed E-state index contributed by atoms with van der Waals surface area (Å²) >= 11 is 0. The molecule has 1 aliphatic heterocycles. The highest BCUT2D eigenvalue weighted by Gasteiger charge is 2.25. The van der Waals surface area contributed by atoms with E-state index in [1.54, 1.807) is 0 Å². The summed E-state index contributed by atoms with van der Waals surface area (Å²) in [6, 6.07) is 13.8. The number of hydrogen-bond donors (Lipinski definition) is 1. The van der Waals surface area contributed by atoms with E-state index < -0.39 is 0 Å². The van der Waals surface area contributed by atoms with Crippen molar-refractivity contribution in [3.63, 3.8) is 0 Å². The normalized spacial score (nSPS) is 13.0. The Hall–Kier alpha value is -2.62. The first-order valence-electron chi connectivity index (χ1n) is 8.74. The number of anilines is 1. The molecular formula is C21H24N2O2. The highest BCUT2D eigenvalue weighted by atomic mass is 16.2. The number of carbonyl (C=O) groups excluding carboxylic acids is 2. The van der Waals surface area contributed by atoms with Crippen LogP contribution >= 0.6 is 0 Å². The SMILES string of the molecule is Cc1ccc(C(=O)N2CCc3cc(CNC(=O)C(C)C)ccc32)cc1. The Bertz CT molecular complexity index is 794. The maximum atomic E-state index is 12.8. The molecule has 1 N–H and O–H groups in total. The van der Waals surface area contributed by atoms with Gasteiger partial charge in [0.15, 0.2) is 0 Å². The molecule has 25 heavy (non-hydrogen) atoms. The van der Waals surface area contributed by atoms with Crippen LogP contribution in [-0.4, -0.2) is 18.4 Å². The molecule has 0 aliphatic carbocycles. The summed E-state index contributed by atoms with van der Waals surface area (Å²) in [5.41, 5.74) is 5.07. The molecule has 0 bridgehead atoms. The molecule has 1 heterocycles. The van der Waals surface area contributed by atoms with E-state index in [9.17, 15) is 9.59 Å². The van der Waals surface area contributed by atoms with Crippen molar-refractivity contribution in [2.75, 3.05) is 11.4 Å². The second-order valence-corrected chi connectivity index (χ2v) is 6.91. The van der Waals surface area contributed by atoms with Gasteiger partial charge in [-0.15, -0.1) is 0 Å². The summed E-state index contributed by atoms with van der Waals surface area (Å²) in [6.45, 7) is 7.00. The fraction of sp³-hybridized carbons (Fsp3) is 0.333. The van der Waals surface area contributed by atoms with Crippen molar-refractivity contribution in [3.05, 3.63) is 64.7 Å². The van der Waals surface area contributed by atoms with Crippen molar-refractivity contribution >= 4 is 17.5 Å². The number of hydrogen-bond acceptors (Lipinski definition) is 2. The standard InChI is InChI=1S/C21H24N2O2/c1-14(2)20(24)22-13-16-6-9-19-18(12-16)10-11-23(19)21(25)17-7-4-15(3)5-8-17/h4-9,12,14H,10-11,13H2,1-3H3,(H,22,24). The highest BCUT2D eigenvalue weighted by Crippen LogP contribution is 2.30. The minimum absolute atomic E-state index is 0.0166. The highest BCUT2D eigenvalue weighted by molar-refractivity contribution is 6.07. The Balaban J connectivity index is 1.74. The predicted molar refractivity (Wildman–Crippen MR) is 99.7 cm³/mol. The van der Waals surface area contributed by atoms with Gasteiger partial charge >= 0.3 is 0 Å². The lowest BCUT2D eigenvalue weighted by molar-refractivity contribution is -0.124.